The number of nitriles is 1. The number of benzene rings is 2. The van der Waals surface area contributed by atoms with Gasteiger partial charge in [0.2, 0.25) is 0 Å². The zero-order chi connectivity index (χ0) is 13.8. The summed E-state index contributed by atoms with van der Waals surface area (Å²) in [6.07, 6.45) is 0.443. The zero-order valence-corrected chi connectivity index (χ0v) is 9.56. The highest BCUT2D eigenvalue weighted by Gasteiger charge is 2.08. The summed E-state index contributed by atoms with van der Waals surface area (Å²) in [5.74, 6) is -1.07. The summed E-state index contributed by atoms with van der Waals surface area (Å²) in [5, 5.41) is 8.59. The lowest BCUT2D eigenvalue weighted by Gasteiger charge is -2.08. The van der Waals surface area contributed by atoms with Gasteiger partial charge >= 0.3 is 0 Å². The van der Waals surface area contributed by atoms with E-state index in [4.69, 9.17) is 10.00 Å². The number of ether oxygens (including phenoxy) is 1. The van der Waals surface area contributed by atoms with E-state index in [2.05, 4.69) is 0 Å². The summed E-state index contributed by atoms with van der Waals surface area (Å²) in [5.41, 5.74) is -0.0909. The second kappa shape index (κ2) is 5.27. The first kappa shape index (κ1) is 12.7. The van der Waals surface area contributed by atoms with Crippen LogP contribution >= 0.6 is 0 Å². The molecule has 0 fully saturated rings. The van der Waals surface area contributed by atoms with Crippen LogP contribution in [0.2, 0.25) is 0 Å². The summed E-state index contributed by atoms with van der Waals surface area (Å²) < 4.78 is 31.6. The van der Waals surface area contributed by atoms with Gasteiger partial charge in [-0.1, -0.05) is 0 Å². The Bertz CT molecular complexity index is 678. The molecule has 0 unspecified atom stereocenters. The smallest absolute Gasteiger partial charge is 0.153 e. The maximum atomic E-state index is 13.4. The van der Waals surface area contributed by atoms with Crippen LogP contribution in [0, 0.1) is 23.0 Å². The van der Waals surface area contributed by atoms with Crippen molar-refractivity contribution in [2.45, 2.75) is 0 Å². The Morgan fingerprint density at radius 2 is 1.95 bits per heavy atom. The Balaban J connectivity index is 2.34. The van der Waals surface area contributed by atoms with Crippen LogP contribution in [0.1, 0.15) is 15.9 Å². The van der Waals surface area contributed by atoms with Gasteiger partial charge in [-0.15, -0.1) is 0 Å². The summed E-state index contributed by atoms with van der Waals surface area (Å²) in [4.78, 5) is 10.8. The third-order valence-corrected chi connectivity index (χ3v) is 2.39. The van der Waals surface area contributed by atoms with Crippen LogP contribution in [0.5, 0.6) is 11.5 Å². The van der Waals surface area contributed by atoms with Gasteiger partial charge in [0.15, 0.2) is 6.29 Å². The molecule has 0 aliphatic heterocycles. The minimum atomic E-state index is -0.727. The van der Waals surface area contributed by atoms with E-state index in [0.29, 0.717) is 6.29 Å². The monoisotopic (exact) mass is 259 g/mol. The fraction of sp³-hybridized carbons (Fsp3) is 0. The number of hydrogen-bond acceptors (Lipinski definition) is 3. The number of hydrogen-bond donors (Lipinski definition) is 0. The lowest BCUT2D eigenvalue weighted by Crippen LogP contribution is -1.93. The van der Waals surface area contributed by atoms with Gasteiger partial charge in [0.05, 0.1) is 11.1 Å². The molecule has 0 amide bonds. The van der Waals surface area contributed by atoms with Crippen LogP contribution in [0.4, 0.5) is 8.78 Å². The third kappa shape index (κ3) is 2.75. The van der Waals surface area contributed by atoms with E-state index < -0.39 is 11.6 Å². The molecule has 2 rings (SSSR count). The number of aldehydes is 1. The lowest BCUT2D eigenvalue weighted by molar-refractivity contribution is 0.112. The van der Waals surface area contributed by atoms with E-state index in [0.717, 1.165) is 18.2 Å². The quantitative estimate of drug-likeness (QED) is 0.793. The molecule has 0 saturated carbocycles. The molecule has 2 aromatic carbocycles. The van der Waals surface area contributed by atoms with Crippen LogP contribution in [0.15, 0.2) is 36.4 Å². The zero-order valence-electron chi connectivity index (χ0n) is 9.56. The fourth-order valence-corrected chi connectivity index (χ4v) is 1.48. The van der Waals surface area contributed by atoms with Gasteiger partial charge < -0.3 is 4.74 Å². The van der Waals surface area contributed by atoms with Crippen molar-refractivity contribution in [3.8, 4) is 17.6 Å². The Hall–Kier alpha value is -2.74. The highest BCUT2D eigenvalue weighted by molar-refractivity contribution is 5.79. The highest BCUT2D eigenvalue weighted by Crippen LogP contribution is 2.26. The van der Waals surface area contributed by atoms with Crippen molar-refractivity contribution in [2.24, 2.45) is 0 Å². The van der Waals surface area contributed by atoms with Gasteiger partial charge in [-0.25, -0.2) is 8.78 Å². The Morgan fingerprint density at radius 1 is 1.16 bits per heavy atom. The van der Waals surface area contributed by atoms with Crippen molar-refractivity contribution in [3.05, 3.63) is 59.2 Å². The van der Waals surface area contributed by atoms with Gasteiger partial charge in [0.1, 0.15) is 29.2 Å². The SMILES string of the molecule is N#Cc1ccc(Oc2ccc(F)cc2C=O)cc1F. The first-order chi connectivity index (χ1) is 9.13. The standard InChI is InChI=1S/C14H7F2NO2/c15-11-2-4-14(10(5-11)8-18)19-12-3-1-9(7-17)13(16)6-12/h1-6,8H. The molecule has 5 heteroatoms. The molecule has 0 N–H and O–H groups in total. The number of carbonyl (C=O) groups is 1. The molecule has 0 atom stereocenters. The van der Waals surface area contributed by atoms with Gasteiger partial charge in [0, 0.05) is 6.07 Å². The lowest BCUT2D eigenvalue weighted by atomic mass is 10.2. The van der Waals surface area contributed by atoms with Gasteiger partial charge in [-0.05, 0) is 30.3 Å². The van der Waals surface area contributed by atoms with Crippen LogP contribution in [-0.2, 0) is 0 Å². The van der Waals surface area contributed by atoms with E-state index >= 15 is 0 Å². The van der Waals surface area contributed by atoms with Crippen LogP contribution < -0.4 is 4.74 Å². The third-order valence-electron chi connectivity index (χ3n) is 2.39. The van der Waals surface area contributed by atoms with Gasteiger partial charge in [0.25, 0.3) is 0 Å². The van der Waals surface area contributed by atoms with Crippen molar-refractivity contribution in [1.29, 1.82) is 5.26 Å². The van der Waals surface area contributed by atoms with Crippen molar-refractivity contribution in [3.63, 3.8) is 0 Å². The van der Waals surface area contributed by atoms with Crippen LogP contribution in [0.25, 0.3) is 0 Å². The van der Waals surface area contributed by atoms with E-state index in [-0.39, 0.29) is 22.6 Å². The van der Waals surface area contributed by atoms with Crippen molar-refractivity contribution in [2.75, 3.05) is 0 Å². The maximum Gasteiger partial charge on any atom is 0.153 e. The molecular weight excluding hydrogens is 252 g/mol. The van der Waals surface area contributed by atoms with Crippen molar-refractivity contribution in [1.82, 2.24) is 0 Å². The molecule has 3 nitrogen and oxygen atoms in total. The first-order valence-electron chi connectivity index (χ1n) is 5.26. The molecule has 0 aromatic heterocycles. The molecule has 0 heterocycles. The minimum Gasteiger partial charge on any atom is -0.457 e. The van der Waals surface area contributed by atoms with E-state index in [1.165, 1.54) is 18.2 Å². The minimum absolute atomic E-state index is 0.0183. The average Bonchev–Trinajstić information content (AvgIpc) is 2.41. The van der Waals surface area contributed by atoms with Gasteiger partial charge in [-0.2, -0.15) is 5.26 Å². The molecule has 19 heavy (non-hydrogen) atoms. The fourth-order valence-electron chi connectivity index (χ4n) is 1.48. The predicted octanol–water partition coefficient (Wildman–Crippen LogP) is 3.44. The van der Waals surface area contributed by atoms with Gasteiger partial charge in [-0.3, -0.25) is 4.79 Å². The molecule has 0 saturated heterocycles. The Kier molecular flexibility index (Phi) is 3.53. The summed E-state index contributed by atoms with van der Waals surface area (Å²) in [6.45, 7) is 0. The largest absolute Gasteiger partial charge is 0.457 e. The molecule has 0 aliphatic carbocycles. The number of rotatable bonds is 3. The number of carbonyl (C=O) groups excluding carboxylic acids is 1. The molecule has 0 radical (unpaired) electrons. The normalized spacial score (nSPS) is 9.74. The number of nitrogens with zero attached hydrogens (tertiary/aromatic N) is 1. The highest BCUT2D eigenvalue weighted by atomic mass is 19.1. The predicted molar refractivity (Wildman–Crippen MR) is 63.0 cm³/mol. The number of halogens is 2. The van der Waals surface area contributed by atoms with E-state index in [9.17, 15) is 13.6 Å². The molecule has 0 spiro atoms. The first-order valence-corrected chi connectivity index (χ1v) is 5.26. The van der Waals surface area contributed by atoms with Crippen molar-refractivity contribution >= 4 is 6.29 Å². The maximum absolute atomic E-state index is 13.4. The molecule has 0 aliphatic rings. The summed E-state index contributed by atoms with van der Waals surface area (Å²) in [6, 6.07) is 8.77. The van der Waals surface area contributed by atoms with Crippen LogP contribution in [-0.4, -0.2) is 6.29 Å². The topological polar surface area (TPSA) is 50.1 Å². The molecular formula is C14H7F2NO2. The summed E-state index contributed by atoms with van der Waals surface area (Å²) >= 11 is 0. The Labute approximate surface area is 107 Å². The van der Waals surface area contributed by atoms with E-state index in [1.54, 1.807) is 6.07 Å². The second-order valence-electron chi connectivity index (χ2n) is 3.66. The molecule has 2 aromatic rings. The van der Waals surface area contributed by atoms with Crippen molar-refractivity contribution < 1.29 is 18.3 Å². The summed E-state index contributed by atoms with van der Waals surface area (Å²) in [7, 11) is 0. The molecule has 94 valence electrons. The van der Waals surface area contributed by atoms with E-state index in [1.807, 2.05) is 0 Å². The average molecular weight is 259 g/mol. The Morgan fingerprint density at radius 3 is 2.58 bits per heavy atom. The molecule has 0 bridgehead atoms. The second-order valence-corrected chi connectivity index (χ2v) is 3.66. The van der Waals surface area contributed by atoms with Crippen LogP contribution in [0.3, 0.4) is 0 Å².